The molecule has 2 aromatic heterocycles. The molecule has 41 heavy (non-hydrogen) atoms. The number of rotatable bonds is 8. The van der Waals surface area contributed by atoms with Crippen LogP contribution in [0, 0.1) is 18.3 Å². The lowest BCUT2D eigenvalue weighted by atomic mass is 10.1. The van der Waals surface area contributed by atoms with Gasteiger partial charge in [-0.2, -0.15) is 5.26 Å². The molecule has 4 heterocycles. The van der Waals surface area contributed by atoms with Gasteiger partial charge in [-0.3, -0.25) is 4.79 Å². The number of nitrogens with zero attached hydrogens (tertiary/aromatic N) is 7. The summed E-state index contributed by atoms with van der Waals surface area (Å²) in [7, 11) is 0. The first-order chi connectivity index (χ1) is 20.0. The average molecular weight is 556 g/mol. The fourth-order valence-electron chi connectivity index (χ4n) is 4.85. The number of carbonyl (C=O) groups is 2. The summed E-state index contributed by atoms with van der Waals surface area (Å²) in [6, 6.07) is 11.2. The van der Waals surface area contributed by atoms with Crippen molar-refractivity contribution in [2.75, 3.05) is 54.9 Å². The number of hydrogen-bond donors (Lipinski definition) is 2. The minimum absolute atomic E-state index is 0.0551. The molecule has 1 saturated heterocycles. The third-order valence-corrected chi connectivity index (χ3v) is 7.14. The van der Waals surface area contributed by atoms with Crippen molar-refractivity contribution in [2.24, 2.45) is 0 Å². The highest BCUT2D eigenvalue weighted by molar-refractivity contribution is 5.94. The summed E-state index contributed by atoms with van der Waals surface area (Å²) in [6.45, 7) is 7.51. The number of pyridine rings is 1. The van der Waals surface area contributed by atoms with Crippen LogP contribution in [0.25, 0.3) is 5.70 Å². The van der Waals surface area contributed by atoms with Crippen molar-refractivity contribution < 1.29 is 14.3 Å². The molecule has 0 saturated carbocycles. The summed E-state index contributed by atoms with van der Waals surface area (Å²) in [5.41, 5.74) is 3.79. The predicted octanol–water partition coefficient (Wildman–Crippen LogP) is 3.71. The van der Waals surface area contributed by atoms with Crippen LogP contribution in [0.4, 0.5) is 22.0 Å². The number of benzene rings is 1. The van der Waals surface area contributed by atoms with E-state index in [9.17, 15) is 9.59 Å². The van der Waals surface area contributed by atoms with Gasteiger partial charge < -0.3 is 34.6 Å². The normalized spacial score (nSPS) is 14.5. The van der Waals surface area contributed by atoms with Crippen LogP contribution >= 0.6 is 0 Å². The van der Waals surface area contributed by atoms with Gasteiger partial charge in [-0.05, 0) is 43.7 Å². The number of carbonyl (C=O) groups excluding carboxylic acids is 2. The minimum Gasteiger partial charge on any atom is -0.378 e. The van der Waals surface area contributed by atoms with Crippen molar-refractivity contribution >= 4 is 34.8 Å². The molecule has 212 valence electrons. The maximum absolute atomic E-state index is 12.9. The Morgan fingerprint density at radius 3 is 2.73 bits per heavy atom. The quantitative estimate of drug-likeness (QED) is 0.430. The lowest BCUT2D eigenvalue weighted by Crippen LogP contribution is -2.40. The lowest BCUT2D eigenvalue weighted by Gasteiger charge is -2.30. The molecule has 12 nitrogen and oxygen atoms in total. The van der Waals surface area contributed by atoms with E-state index in [1.54, 1.807) is 34.3 Å². The first-order valence-corrected chi connectivity index (χ1v) is 13.6. The number of ether oxygens (including phenoxy) is 1. The zero-order valence-electron chi connectivity index (χ0n) is 23.2. The van der Waals surface area contributed by atoms with Gasteiger partial charge in [-0.25, -0.2) is 14.8 Å². The summed E-state index contributed by atoms with van der Waals surface area (Å²) in [5, 5.41) is 15.3. The van der Waals surface area contributed by atoms with Gasteiger partial charge in [0.25, 0.3) is 5.91 Å². The van der Waals surface area contributed by atoms with Crippen molar-refractivity contribution in [2.45, 2.75) is 26.9 Å². The number of nitriles is 1. The van der Waals surface area contributed by atoms with E-state index in [2.05, 4.69) is 31.6 Å². The van der Waals surface area contributed by atoms with Crippen LogP contribution in [0.1, 0.15) is 35.1 Å². The van der Waals surface area contributed by atoms with E-state index in [-0.39, 0.29) is 18.4 Å². The largest absolute Gasteiger partial charge is 0.378 e. The molecule has 5 rings (SSSR count). The molecular formula is C29H33N9O3. The second kappa shape index (κ2) is 12.5. The summed E-state index contributed by atoms with van der Waals surface area (Å²) < 4.78 is 7.36. The van der Waals surface area contributed by atoms with E-state index in [4.69, 9.17) is 10.00 Å². The van der Waals surface area contributed by atoms with Gasteiger partial charge in [0, 0.05) is 62.3 Å². The SMILES string of the molecule is CCN(CCC#N)C(=O)Nc1cccc(N2C=C(Nc3ccc(C(=O)N4CCOCC4)cn3)c3nccn3C2)c1C. The lowest BCUT2D eigenvalue weighted by molar-refractivity contribution is 0.0302. The van der Waals surface area contributed by atoms with Crippen LogP contribution in [0.3, 0.4) is 0 Å². The van der Waals surface area contributed by atoms with Crippen LogP contribution in [0.15, 0.2) is 55.1 Å². The molecule has 0 radical (unpaired) electrons. The summed E-state index contributed by atoms with van der Waals surface area (Å²) in [4.78, 5) is 40.1. The maximum Gasteiger partial charge on any atom is 0.321 e. The van der Waals surface area contributed by atoms with Crippen LogP contribution in [0.2, 0.25) is 0 Å². The van der Waals surface area contributed by atoms with Crippen molar-refractivity contribution in [3.8, 4) is 6.07 Å². The highest BCUT2D eigenvalue weighted by atomic mass is 16.5. The molecule has 0 spiro atoms. The van der Waals surface area contributed by atoms with Crippen LogP contribution in [-0.4, -0.2) is 75.7 Å². The molecule has 0 bridgehead atoms. The maximum atomic E-state index is 12.9. The van der Waals surface area contributed by atoms with Gasteiger partial charge in [-0.1, -0.05) is 6.07 Å². The van der Waals surface area contributed by atoms with E-state index in [0.29, 0.717) is 63.1 Å². The monoisotopic (exact) mass is 555 g/mol. The first-order valence-electron chi connectivity index (χ1n) is 13.6. The molecule has 0 atom stereocenters. The molecule has 0 unspecified atom stereocenters. The molecular weight excluding hydrogens is 522 g/mol. The van der Waals surface area contributed by atoms with Crippen LogP contribution < -0.4 is 15.5 Å². The van der Waals surface area contributed by atoms with Gasteiger partial charge >= 0.3 is 6.03 Å². The predicted molar refractivity (Wildman–Crippen MR) is 155 cm³/mol. The molecule has 1 fully saturated rings. The molecule has 2 N–H and O–H groups in total. The number of imidazole rings is 1. The molecule has 3 amide bonds. The highest BCUT2D eigenvalue weighted by Gasteiger charge is 2.23. The number of anilines is 3. The third-order valence-electron chi connectivity index (χ3n) is 7.14. The van der Waals surface area contributed by atoms with Crippen LogP contribution in [-0.2, 0) is 11.4 Å². The number of nitrogens with one attached hydrogen (secondary N) is 2. The Morgan fingerprint density at radius 2 is 2.00 bits per heavy atom. The number of aromatic nitrogens is 3. The number of morpholine rings is 1. The first kappa shape index (κ1) is 27.7. The molecule has 3 aromatic rings. The number of hydrogen-bond acceptors (Lipinski definition) is 8. The van der Waals surface area contributed by atoms with Gasteiger partial charge in [-0.15, -0.1) is 0 Å². The van der Waals surface area contributed by atoms with E-state index in [0.717, 1.165) is 22.8 Å². The smallest absolute Gasteiger partial charge is 0.321 e. The number of urea groups is 1. The molecule has 2 aliphatic heterocycles. The standard InChI is InChI=1S/C29H33N9O3/c1-3-35(12-5-10-30)29(40)34-23-6-4-7-25(21(23)2)38-19-24(27-31-11-13-37(27)20-38)33-26-9-8-22(18-32-26)28(39)36-14-16-41-17-15-36/h4,6-9,11,13,18-19H,3,5,12,14-17,20H2,1-2H3,(H,32,33)(H,34,40). The summed E-state index contributed by atoms with van der Waals surface area (Å²) in [5.74, 6) is 1.29. The van der Waals surface area contributed by atoms with Crippen molar-refractivity contribution in [3.05, 3.63) is 72.1 Å². The third kappa shape index (κ3) is 6.15. The van der Waals surface area contributed by atoms with Crippen molar-refractivity contribution in [1.82, 2.24) is 24.3 Å². The molecule has 2 aliphatic rings. The van der Waals surface area contributed by atoms with Crippen molar-refractivity contribution in [1.29, 1.82) is 5.26 Å². The fraction of sp³-hybridized carbons (Fsp3) is 0.345. The van der Waals surface area contributed by atoms with Crippen molar-refractivity contribution in [3.63, 3.8) is 0 Å². The zero-order chi connectivity index (χ0) is 28.8. The Morgan fingerprint density at radius 1 is 1.17 bits per heavy atom. The molecule has 1 aromatic carbocycles. The van der Waals surface area contributed by atoms with E-state index in [1.807, 2.05) is 49.0 Å². The van der Waals surface area contributed by atoms with Gasteiger partial charge in [0.2, 0.25) is 0 Å². The van der Waals surface area contributed by atoms with Gasteiger partial charge in [0.05, 0.1) is 37.0 Å². The van der Waals surface area contributed by atoms with Crippen LogP contribution in [0.5, 0.6) is 0 Å². The topological polar surface area (TPSA) is 132 Å². The number of fused-ring (bicyclic) bond motifs is 1. The molecule has 0 aliphatic carbocycles. The summed E-state index contributed by atoms with van der Waals surface area (Å²) in [6.07, 6.45) is 7.49. The average Bonchev–Trinajstić information content (AvgIpc) is 3.48. The Hall–Kier alpha value is -4.89. The van der Waals surface area contributed by atoms with E-state index >= 15 is 0 Å². The second-order valence-corrected chi connectivity index (χ2v) is 9.70. The van der Waals surface area contributed by atoms with Gasteiger partial charge in [0.15, 0.2) is 5.82 Å². The zero-order valence-corrected chi connectivity index (χ0v) is 23.2. The highest BCUT2D eigenvalue weighted by Crippen LogP contribution is 2.32. The van der Waals surface area contributed by atoms with E-state index < -0.39 is 0 Å². The fourth-order valence-corrected chi connectivity index (χ4v) is 4.85. The second-order valence-electron chi connectivity index (χ2n) is 9.70. The Balaban J connectivity index is 1.35. The van der Waals surface area contributed by atoms with E-state index in [1.165, 1.54) is 0 Å². The Labute approximate surface area is 238 Å². The minimum atomic E-state index is -0.238. The summed E-state index contributed by atoms with van der Waals surface area (Å²) >= 11 is 0. The molecule has 12 heteroatoms. The number of amides is 3. The Bertz CT molecular complexity index is 1470. The Kier molecular flexibility index (Phi) is 8.45. The van der Waals surface area contributed by atoms with Gasteiger partial charge in [0.1, 0.15) is 12.5 Å².